The van der Waals surface area contributed by atoms with E-state index < -0.39 is 19.3 Å². The Labute approximate surface area is 277 Å². The molecule has 0 unspecified atom stereocenters. The van der Waals surface area contributed by atoms with E-state index in [-0.39, 0.29) is 61.3 Å². The molecule has 0 N–H and O–H groups in total. The number of benzene rings is 2. The van der Waals surface area contributed by atoms with Gasteiger partial charge in [-0.2, -0.15) is 0 Å². The average molecular weight is 644 g/mol. The lowest BCUT2D eigenvalue weighted by Crippen LogP contribution is -2.65. The molecule has 10 nitrogen and oxygen atoms in total. The SMILES string of the molecule is CC1(C)[C@@H]2C[C@H]1[C@]1(C)OB([C@@H]3CCCN3C(=O)CN(C(=O)OCc3ccccc3)[C@@H]3CCN(C(=O)OCc4ccccc4)C3)O[C@@H]1C2. The molecule has 2 aromatic carbocycles. The number of hydrogen-bond acceptors (Lipinski definition) is 7. The van der Waals surface area contributed by atoms with Crippen molar-refractivity contribution < 1.29 is 33.2 Å². The summed E-state index contributed by atoms with van der Waals surface area (Å²) in [5.41, 5.74) is 1.64. The summed E-state index contributed by atoms with van der Waals surface area (Å²) in [6.45, 7) is 8.26. The second-order valence-corrected chi connectivity index (χ2v) is 14.7. The van der Waals surface area contributed by atoms with Crippen LogP contribution >= 0.6 is 0 Å². The van der Waals surface area contributed by atoms with Crippen molar-refractivity contribution in [3.05, 3.63) is 71.8 Å². The van der Waals surface area contributed by atoms with Crippen LogP contribution in [0.4, 0.5) is 9.59 Å². The summed E-state index contributed by atoms with van der Waals surface area (Å²) < 4.78 is 24.6. The fraction of sp³-hybridized carbons (Fsp3) is 0.583. The van der Waals surface area contributed by atoms with Gasteiger partial charge in [0.05, 0.1) is 23.7 Å². The smallest absolute Gasteiger partial charge is 0.445 e. The number of nitrogens with zero attached hydrogens (tertiary/aromatic N) is 3. The van der Waals surface area contributed by atoms with Gasteiger partial charge in [0.1, 0.15) is 19.8 Å². The van der Waals surface area contributed by atoms with Crippen LogP contribution in [0, 0.1) is 17.3 Å². The number of rotatable bonds is 8. The minimum atomic E-state index is -0.573. The number of amides is 3. The van der Waals surface area contributed by atoms with Gasteiger partial charge in [0.25, 0.3) is 0 Å². The second-order valence-electron chi connectivity index (χ2n) is 14.7. The minimum absolute atomic E-state index is 0.0393. The summed E-state index contributed by atoms with van der Waals surface area (Å²) in [5, 5.41) is 0. The molecule has 0 radical (unpaired) electrons. The first-order chi connectivity index (χ1) is 22.6. The third-order valence-electron chi connectivity index (χ3n) is 11.7. The van der Waals surface area contributed by atoms with Crippen molar-refractivity contribution in [2.45, 2.75) is 89.8 Å². The first-order valence-corrected chi connectivity index (χ1v) is 17.2. The van der Waals surface area contributed by atoms with Crippen molar-refractivity contribution in [1.82, 2.24) is 14.7 Å². The maximum absolute atomic E-state index is 14.1. The Hall–Kier alpha value is -3.57. The van der Waals surface area contributed by atoms with Gasteiger partial charge >= 0.3 is 19.3 Å². The zero-order valence-electron chi connectivity index (χ0n) is 27.7. The van der Waals surface area contributed by atoms with E-state index in [0.29, 0.717) is 31.3 Å². The molecular formula is C36H46BN3O7. The average Bonchev–Trinajstić information content (AvgIpc) is 3.84. The lowest BCUT2D eigenvalue weighted by Gasteiger charge is -2.64. The summed E-state index contributed by atoms with van der Waals surface area (Å²) in [6, 6.07) is 18.6. The Balaban J connectivity index is 1.02. The molecule has 0 spiro atoms. The molecule has 47 heavy (non-hydrogen) atoms. The van der Waals surface area contributed by atoms with E-state index in [0.717, 1.165) is 30.4 Å². The van der Waals surface area contributed by atoms with Gasteiger partial charge in [-0.25, -0.2) is 9.59 Å². The molecule has 8 rings (SSSR count). The molecule has 2 aromatic rings. The minimum Gasteiger partial charge on any atom is -0.445 e. The van der Waals surface area contributed by atoms with Crippen molar-refractivity contribution in [3.63, 3.8) is 0 Å². The van der Waals surface area contributed by atoms with Gasteiger partial charge in [-0.1, -0.05) is 74.5 Å². The van der Waals surface area contributed by atoms with Gasteiger partial charge < -0.3 is 28.6 Å². The molecule has 3 saturated carbocycles. The first kappa shape index (κ1) is 32.0. The maximum Gasteiger partial charge on any atom is 0.481 e. The van der Waals surface area contributed by atoms with Crippen LogP contribution in [0.15, 0.2) is 60.7 Å². The van der Waals surface area contributed by atoms with E-state index in [1.807, 2.05) is 65.6 Å². The first-order valence-electron chi connectivity index (χ1n) is 17.2. The van der Waals surface area contributed by atoms with Gasteiger partial charge in [0, 0.05) is 19.6 Å². The predicted molar refractivity (Wildman–Crippen MR) is 175 cm³/mol. The van der Waals surface area contributed by atoms with Crippen LogP contribution in [-0.4, -0.2) is 89.8 Å². The summed E-state index contributed by atoms with van der Waals surface area (Å²) in [5.74, 6) is 0.715. The molecule has 6 fully saturated rings. The molecule has 3 aliphatic carbocycles. The molecule has 2 bridgehead atoms. The fourth-order valence-electron chi connectivity index (χ4n) is 8.80. The summed E-state index contributed by atoms with van der Waals surface area (Å²) in [4.78, 5) is 45.6. The molecule has 3 heterocycles. The third kappa shape index (κ3) is 6.12. The summed E-state index contributed by atoms with van der Waals surface area (Å²) >= 11 is 0. The normalized spacial score (nSPS) is 30.4. The van der Waals surface area contributed by atoms with Gasteiger partial charge in [-0.3, -0.25) is 9.69 Å². The Morgan fingerprint density at radius 1 is 0.915 bits per heavy atom. The lowest BCUT2D eigenvalue weighted by atomic mass is 9.43. The number of carbonyl (C=O) groups excluding carboxylic acids is 3. The molecule has 3 saturated heterocycles. The Morgan fingerprint density at radius 2 is 1.60 bits per heavy atom. The second kappa shape index (κ2) is 12.8. The summed E-state index contributed by atoms with van der Waals surface area (Å²) in [7, 11) is -0.480. The molecule has 6 aliphatic rings. The van der Waals surface area contributed by atoms with Crippen LogP contribution in [0.1, 0.15) is 64.0 Å². The number of ether oxygens (including phenoxy) is 2. The van der Waals surface area contributed by atoms with Crippen molar-refractivity contribution >= 4 is 25.2 Å². The van der Waals surface area contributed by atoms with Crippen LogP contribution in [-0.2, 0) is 36.8 Å². The lowest BCUT2D eigenvalue weighted by molar-refractivity contribution is -0.199. The largest absolute Gasteiger partial charge is 0.481 e. The van der Waals surface area contributed by atoms with Gasteiger partial charge in [0.2, 0.25) is 5.91 Å². The molecule has 0 aromatic heterocycles. The zero-order valence-corrected chi connectivity index (χ0v) is 27.7. The standard InChI is InChI=1S/C36H46BN3O7/c1-35(2)27-19-29(35)36(3)30(20-27)46-37(47-36)31-15-10-17-39(31)32(41)22-40(34(43)45-24-26-13-8-5-9-14-26)28-16-18-38(21-28)33(42)44-23-25-11-6-4-7-12-25/h4-9,11-14,27-31H,10,15-24H2,1-3H3/t27-,28-,29-,30-,31+,36+/m1/s1. The Bertz CT molecular complexity index is 1460. The zero-order chi connectivity index (χ0) is 32.8. The van der Waals surface area contributed by atoms with E-state index in [4.69, 9.17) is 18.8 Å². The van der Waals surface area contributed by atoms with Crippen LogP contribution in [0.3, 0.4) is 0 Å². The fourth-order valence-corrected chi connectivity index (χ4v) is 8.80. The third-order valence-corrected chi connectivity index (χ3v) is 11.7. The molecule has 3 amide bonds. The maximum atomic E-state index is 14.1. The van der Waals surface area contributed by atoms with E-state index >= 15 is 0 Å². The van der Waals surface area contributed by atoms with Gasteiger partial charge in [-0.05, 0) is 67.4 Å². The van der Waals surface area contributed by atoms with Crippen molar-refractivity contribution in [2.24, 2.45) is 17.3 Å². The van der Waals surface area contributed by atoms with E-state index in [1.54, 1.807) is 4.90 Å². The molecular weight excluding hydrogens is 597 g/mol. The van der Waals surface area contributed by atoms with E-state index in [1.165, 1.54) is 11.3 Å². The van der Waals surface area contributed by atoms with Crippen LogP contribution < -0.4 is 0 Å². The predicted octanol–water partition coefficient (Wildman–Crippen LogP) is 5.29. The van der Waals surface area contributed by atoms with E-state index in [2.05, 4.69) is 20.8 Å². The van der Waals surface area contributed by atoms with Crippen molar-refractivity contribution in [3.8, 4) is 0 Å². The van der Waals surface area contributed by atoms with Crippen molar-refractivity contribution in [1.29, 1.82) is 0 Å². The van der Waals surface area contributed by atoms with Gasteiger partial charge in [0.15, 0.2) is 0 Å². The topological polar surface area (TPSA) is 97.9 Å². The van der Waals surface area contributed by atoms with Crippen LogP contribution in [0.2, 0.25) is 0 Å². The number of carbonyl (C=O) groups is 3. The van der Waals surface area contributed by atoms with Gasteiger partial charge in [-0.15, -0.1) is 0 Å². The molecule has 6 atom stereocenters. The quantitative estimate of drug-likeness (QED) is 0.361. The highest BCUT2D eigenvalue weighted by atomic mass is 16.7. The van der Waals surface area contributed by atoms with Crippen molar-refractivity contribution in [2.75, 3.05) is 26.2 Å². The highest BCUT2D eigenvalue weighted by Crippen LogP contribution is 2.66. The highest BCUT2D eigenvalue weighted by Gasteiger charge is 2.69. The molecule has 250 valence electrons. The van der Waals surface area contributed by atoms with E-state index in [9.17, 15) is 14.4 Å². The van der Waals surface area contributed by atoms with Crippen LogP contribution in [0.25, 0.3) is 0 Å². The Kier molecular flexibility index (Phi) is 8.72. The molecule has 11 heteroatoms. The highest BCUT2D eigenvalue weighted by molar-refractivity contribution is 6.48. The number of hydrogen-bond donors (Lipinski definition) is 0. The van der Waals surface area contributed by atoms with Crippen LogP contribution in [0.5, 0.6) is 0 Å². The number of likely N-dealkylation sites (tertiary alicyclic amines) is 2. The molecule has 3 aliphatic heterocycles. The monoisotopic (exact) mass is 643 g/mol. The Morgan fingerprint density at radius 3 is 2.28 bits per heavy atom. The summed E-state index contributed by atoms with van der Waals surface area (Å²) in [6.07, 6.45) is 3.35.